The van der Waals surface area contributed by atoms with Crippen LogP contribution in [0.4, 0.5) is 10.5 Å². The van der Waals surface area contributed by atoms with Crippen LogP contribution in [-0.2, 0) is 45.7 Å². The molecule has 0 radical (unpaired) electrons. The fraction of sp³-hybridized carbons (Fsp3) is 0.538. The highest BCUT2D eigenvalue weighted by atomic mass is 16.6. The first-order valence-electron chi connectivity index (χ1n) is 12.4. The van der Waals surface area contributed by atoms with Crippen molar-refractivity contribution in [3.8, 4) is 0 Å². The highest BCUT2D eigenvalue weighted by Crippen LogP contribution is 2.48. The van der Waals surface area contributed by atoms with E-state index in [1.54, 1.807) is 23.6 Å². The molecule has 1 aromatic carbocycles. The Morgan fingerprint density at radius 3 is 2.66 bits per heavy atom. The van der Waals surface area contributed by atoms with E-state index in [1.165, 1.54) is 0 Å². The number of ketones is 1. The lowest BCUT2D eigenvalue weighted by Crippen LogP contribution is -2.65. The van der Waals surface area contributed by atoms with Crippen molar-refractivity contribution in [3.63, 3.8) is 0 Å². The smallest absolute Gasteiger partial charge is 0.410 e. The maximum absolute atomic E-state index is 13.9. The van der Waals surface area contributed by atoms with Crippen molar-refractivity contribution < 1.29 is 24.2 Å². The number of para-hydroxylation sites is 1. The fourth-order valence-electron chi connectivity index (χ4n) is 5.56. The van der Waals surface area contributed by atoms with Gasteiger partial charge in [-0.15, -0.1) is 0 Å². The van der Waals surface area contributed by atoms with E-state index in [1.807, 2.05) is 28.8 Å². The minimum Gasteiger partial charge on any atom is -0.447 e. The van der Waals surface area contributed by atoms with Gasteiger partial charge in [0.1, 0.15) is 11.2 Å². The molecule has 9 nitrogen and oxygen atoms in total. The zero-order chi connectivity index (χ0) is 24.7. The number of aromatic nitrogens is 2. The van der Waals surface area contributed by atoms with Crippen LogP contribution in [0, 0.1) is 0 Å². The Bertz CT molecular complexity index is 1160. The Hall–Kier alpha value is -3.20. The lowest BCUT2D eigenvalue weighted by atomic mass is 9.75. The number of rotatable bonds is 7. The zero-order valence-corrected chi connectivity index (χ0v) is 20.3. The number of Topliss-reactive ketones (excluding diaryl/α,β-unsaturated/α-hetero) is 1. The van der Waals surface area contributed by atoms with Gasteiger partial charge in [-0.1, -0.05) is 18.2 Å². The number of amides is 2. The third kappa shape index (κ3) is 4.01. The van der Waals surface area contributed by atoms with E-state index in [9.17, 15) is 19.5 Å². The molecule has 9 heteroatoms. The molecular formula is C26H32N4O5. The molecule has 0 atom stereocenters. The van der Waals surface area contributed by atoms with Gasteiger partial charge in [0.05, 0.1) is 31.5 Å². The Balaban J connectivity index is 1.44. The number of aliphatic hydroxyl groups excluding tert-OH is 1. The van der Waals surface area contributed by atoms with E-state index >= 15 is 0 Å². The van der Waals surface area contributed by atoms with E-state index in [0.717, 1.165) is 48.3 Å². The first-order valence-corrected chi connectivity index (χ1v) is 12.4. The van der Waals surface area contributed by atoms with Gasteiger partial charge in [0.2, 0.25) is 5.91 Å². The molecule has 1 fully saturated rings. The molecule has 5 rings (SSSR count). The summed E-state index contributed by atoms with van der Waals surface area (Å²) in [6, 6.07) is 7.71. The summed E-state index contributed by atoms with van der Waals surface area (Å²) in [6.45, 7) is 4.41. The van der Waals surface area contributed by atoms with Crippen LogP contribution >= 0.6 is 0 Å². The van der Waals surface area contributed by atoms with Crippen molar-refractivity contribution in [1.82, 2.24) is 14.5 Å². The molecule has 0 unspecified atom stereocenters. The molecule has 0 bridgehead atoms. The molecule has 1 spiro atoms. The second kappa shape index (κ2) is 9.11. The number of imidazole rings is 1. The van der Waals surface area contributed by atoms with Crippen molar-refractivity contribution >= 4 is 23.5 Å². The van der Waals surface area contributed by atoms with Crippen LogP contribution in [0.3, 0.4) is 0 Å². The van der Waals surface area contributed by atoms with Gasteiger partial charge in [0.15, 0.2) is 5.78 Å². The summed E-state index contributed by atoms with van der Waals surface area (Å²) in [5.41, 5.74) is 3.03. The van der Waals surface area contributed by atoms with Gasteiger partial charge >= 0.3 is 6.09 Å². The number of carbonyl (C=O) groups excluding carboxylic acids is 3. The third-order valence-electron chi connectivity index (χ3n) is 7.22. The third-order valence-corrected chi connectivity index (χ3v) is 7.22. The predicted molar refractivity (Wildman–Crippen MR) is 128 cm³/mol. The van der Waals surface area contributed by atoms with Gasteiger partial charge in [-0.2, -0.15) is 0 Å². The fourth-order valence-corrected chi connectivity index (χ4v) is 5.56. The highest BCUT2D eigenvalue weighted by Gasteiger charge is 2.59. The maximum Gasteiger partial charge on any atom is 0.410 e. The summed E-state index contributed by atoms with van der Waals surface area (Å²) in [6.07, 6.45) is 3.30. The molecule has 2 aliphatic heterocycles. The molecular weight excluding hydrogens is 448 g/mol. The quantitative estimate of drug-likeness (QED) is 0.652. The summed E-state index contributed by atoms with van der Waals surface area (Å²) >= 11 is 0. The Morgan fingerprint density at radius 1 is 1.17 bits per heavy atom. The Morgan fingerprint density at radius 2 is 1.91 bits per heavy atom. The molecule has 2 aromatic rings. The van der Waals surface area contributed by atoms with E-state index in [-0.39, 0.29) is 57.0 Å². The molecule has 3 heterocycles. The lowest BCUT2D eigenvalue weighted by molar-refractivity contribution is -0.128. The number of ether oxygens (including phenoxy) is 1. The minimum atomic E-state index is -0.781. The Kier molecular flexibility index (Phi) is 6.13. The van der Waals surface area contributed by atoms with Gasteiger partial charge in [-0.05, 0) is 51.2 Å². The largest absolute Gasteiger partial charge is 0.447 e. The molecule has 35 heavy (non-hydrogen) atoms. The first-order chi connectivity index (χ1) is 16.8. The van der Waals surface area contributed by atoms with Crippen LogP contribution < -0.4 is 4.90 Å². The maximum atomic E-state index is 13.9. The molecule has 1 aliphatic carbocycles. The SMILES string of the molecule is CC(C)OC(=O)N1CC2(C1)C(=O)N(Cc1nc3c(n1CC(=O)CCO)CCCC3)c1ccccc12. The average molecular weight is 481 g/mol. The predicted octanol–water partition coefficient (Wildman–Crippen LogP) is 2.36. The number of nitrogens with zero attached hydrogens (tertiary/aromatic N) is 4. The number of aliphatic hydroxyl groups is 1. The van der Waals surface area contributed by atoms with Gasteiger partial charge in [-0.3, -0.25) is 9.59 Å². The van der Waals surface area contributed by atoms with Crippen LogP contribution in [0.15, 0.2) is 24.3 Å². The van der Waals surface area contributed by atoms with E-state index in [4.69, 9.17) is 9.72 Å². The van der Waals surface area contributed by atoms with Gasteiger partial charge < -0.3 is 24.2 Å². The molecule has 3 aliphatic rings. The van der Waals surface area contributed by atoms with E-state index in [0.29, 0.717) is 5.82 Å². The van der Waals surface area contributed by atoms with Crippen molar-refractivity contribution in [2.24, 2.45) is 0 Å². The number of aryl methyl sites for hydroxylation is 1. The highest BCUT2D eigenvalue weighted by molar-refractivity contribution is 6.09. The molecule has 186 valence electrons. The van der Waals surface area contributed by atoms with Crippen LogP contribution in [0.1, 0.15) is 55.9 Å². The summed E-state index contributed by atoms with van der Waals surface area (Å²) < 4.78 is 7.28. The van der Waals surface area contributed by atoms with E-state index < -0.39 is 11.5 Å². The molecule has 1 N–H and O–H groups in total. The topological polar surface area (TPSA) is 105 Å². The van der Waals surface area contributed by atoms with Crippen molar-refractivity contribution in [2.45, 2.75) is 70.6 Å². The van der Waals surface area contributed by atoms with Crippen molar-refractivity contribution in [1.29, 1.82) is 0 Å². The van der Waals surface area contributed by atoms with Gasteiger partial charge in [-0.25, -0.2) is 9.78 Å². The second-order valence-corrected chi connectivity index (χ2v) is 10.0. The number of hydrogen-bond donors (Lipinski definition) is 1. The summed E-state index contributed by atoms with van der Waals surface area (Å²) in [5.74, 6) is 0.586. The normalized spacial score (nSPS) is 18.0. The number of hydrogen-bond acceptors (Lipinski definition) is 6. The van der Waals surface area contributed by atoms with Gasteiger partial charge in [0.25, 0.3) is 0 Å². The lowest BCUT2D eigenvalue weighted by Gasteiger charge is -2.46. The number of carbonyl (C=O) groups is 3. The summed E-state index contributed by atoms with van der Waals surface area (Å²) in [7, 11) is 0. The van der Waals surface area contributed by atoms with Crippen LogP contribution in [0.5, 0.6) is 0 Å². The second-order valence-electron chi connectivity index (χ2n) is 10.0. The minimum absolute atomic E-state index is 0.0533. The summed E-state index contributed by atoms with van der Waals surface area (Å²) in [5, 5.41) is 9.21. The zero-order valence-electron chi connectivity index (χ0n) is 20.3. The van der Waals surface area contributed by atoms with Crippen LogP contribution in [-0.4, -0.2) is 63.1 Å². The Labute approximate surface area is 204 Å². The number of fused-ring (bicyclic) bond motifs is 3. The molecule has 1 aromatic heterocycles. The number of benzene rings is 1. The van der Waals surface area contributed by atoms with E-state index in [2.05, 4.69) is 0 Å². The first kappa shape index (κ1) is 23.5. The molecule has 0 saturated carbocycles. The molecule has 1 saturated heterocycles. The number of anilines is 1. The van der Waals surface area contributed by atoms with Crippen LogP contribution in [0.2, 0.25) is 0 Å². The van der Waals surface area contributed by atoms with Crippen LogP contribution in [0.25, 0.3) is 0 Å². The van der Waals surface area contributed by atoms with Crippen molar-refractivity contribution in [2.75, 3.05) is 24.6 Å². The summed E-state index contributed by atoms with van der Waals surface area (Å²) in [4.78, 5) is 46.9. The van der Waals surface area contributed by atoms with Gasteiger partial charge in [0, 0.05) is 30.9 Å². The standard InChI is InChI=1S/C26H32N4O5/c1-17(2)35-25(34)28-15-26(16-28)19-7-3-5-9-21(19)30(24(26)33)14-23-27-20-8-4-6-10-22(20)29(23)13-18(32)11-12-31/h3,5,7,9,17,31H,4,6,8,10-16H2,1-2H3. The number of likely N-dealkylation sites (tertiary alicyclic amines) is 1. The van der Waals surface area contributed by atoms with Crippen molar-refractivity contribution in [3.05, 3.63) is 47.0 Å². The average Bonchev–Trinajstić information content (AvgIpc) is 3.25. The monoisotopic (exact) mass is 480 g/mol. The molecule has 2 amide bonds.